The van der Waals surface area contributed by atoms with Crippen LogP contribution in [0.2, 0.25) is 0 Å². The predicted molar refractivity (Wildman–Crippen MR) is 85.4 cm³/mol. The number of aromatic nitrogens is 1. The Labute approximate surface area is 133 Å². The molecule has 0 fully saturated rings. The summed E-state index contributed by atoms with van der Waals surface area (Å²) >= 11 is 0. The minimum Gasteiger partial charge on any atom is -0.458 e. The first kappa shape index (κ1) is 15.0. The lowest BCUT2D eigenvalue weighted by atomic mass is 10.1. The lowest BCUT2D eigenvalue weighted by Crippen LogP contribution is -2.14. The fourth-order valence-corrected chi connectivity index (χ4v) is 2.29. The molecule has 0 aliphatic carbocycles. The molecule has 0 saturated heterocycles. The quantitative estimate of drug-likeness (QED) is 0.804. The molecule has 2 heterocycles. The van der Waals surface area contributed by atoms with Crippen LogP contribution in [-0.2, 0) is 14.3 Å². The summed E-state index contributed by atoms with van der Waals surface area (Å²) in [5, 5.41) is 0.732. The summed E-state index contributed by atoms with van der Waals surface area (Å²) in [6, 6.07) is 9.11. The number of rotatable bonds is 4. The van der Waals surface area contributed by atoms with Gasteiger partial charge in [0.2, 0.25) is 0 Å². The van der Waals surface area contributed by atoms with Gasteiger partial charge in [-0.15, -0.1) is 0 Å². The minimum absolute atomic E-state index is 0.0402. The zero-order valence-corrected chi connectivity index (χ0v) is 12.9. The van der Waals surface area contributed by atoms with Crippen LogP contribution in [0.4, 0.5) is 5.82 Å². The number of nitrogens with zero attached hydrogens (tertiary/aromatic N) is 2. The molecule has 23 heavy (non-hydrogen) atoms. The van der Waals surface area contributed by atoms with Crippen LogP contribution < -0.4 is 4.90 Å². The van der Waals surface area contributed by atoms with Crippen LogP contribution in [0.25, 0.3) is 10.9 Å². The highest BCUT2D eigenvalue weighted by atomic mass is 16.5. The lowest BCUT2D eigenvalue weighted by Gasteiger charge is -2.14. The van der Waals surface area contributed by atoms with Crippen LogP contribution in [-0.4, -0.2) is 44.2 Å². The van der Waals surface area contributed by atoms with E-state index in [1.54, 1.807) is 6.07 Å². The van der Waals surface area contributed by atoms with Crippen LogP contribution >= 0.6 is 0 Å². The van der Waals surface area contributed by atoms with Crippen molar-refractivity contribution >= 4 is 28.7 Å². The molecule has 1 aromatic carbocycles. The largest absolute Gasteiger partial charge is 0.458 e. The lowest BCUT2D eigenvalue weighted by molar-refractivity contribution is -0.134. The fraction of sp³-hybridized carbons (Fsp3) is 0.235. The minimum atomic E-state index is -0.452. The zero-order chi connectivity index (χ0) is 16.4. The Bertz CT molecular complexity index is 811. The molecule has 0 spiro atoms. The van der Waals surface area contributed by atoms with Gasteiger partial charge in [-0.1, -0.05) is 18.2 Å². The van der Waals surface area contributed by atoms with Crippen LogP contribution in [0.15, 0.2) is 42.0 Å². The number of hydrogen-bond acceptors (Lipinski definition) is 6. The molecule has 0 amide bonds. The van der Waals surface area contributed by atoms with Gasteiger partial charge < -0.3 is 14.4 Å². The second kappa shape index (κ2) is 6.08. The summed E-state index contributed by atoms with van der Waals surface area (Å²) in [7, 11) is 3.72. The topological polar surface area (TPSA) is 68.7 Å². The van der Waals surface area contributed by atoms with E-state index < -0.39 is 11.9 Å². The van der Waals surface area contributed by atoms with Crippen molar-refractivity contribution in [1.29, 1.82) is 0 Å². The Hall–Kier alpha value is -2.89. The second-order valence-electron chi connectivity index (χ2n) is 5.43. The standard InChI is InChI=1S/C17H16N2O4/c1-19(2)15-8-13(12-5-3-4-6-14(12)18-15)17(21)23-10-11-7-16(20)22-9-11/h3-8H,9-10H2,1-2H3. The first-order valence-corrected chi connectivity index (χ1v) is 7.15. The third-order valence-electron chi connectivity index (χ3n) is 3.49. The Morgan fingerprint density at radius 2 is 2.13 bits per heavy atom. The van der Waals surface area contributed by atoms with Crippen molar-refractivity contribution in [3.8, 4) is 0 Å². The van der Waals surface area contributed by atoms with E-state index in [1.807, 2.05) is 43.3 Å². The molecule has 6 nitrogen and oxygen atoms in total. The molecule has 6 heteroatoms. The van der Waals surface area contributed by atoms with Crippen molar-refractivity contribution < 1.29 is 19.1 Å². The molecule has 1 aromatic heterocycles. The molecule has 2 aromatic rings. The zero-order valence-electron chi connectivity index (χ0n) is 12.9. The average molecular weight is 312 g/mol. The predicted octanol–water partition coefficient (Wildman–Crippen LogP) is 1.94. The summed E-state index contributed by atoms with van der Waals surface area (Å²) in [6.45, 7) is 0.213. The second-order valence-corrected chi connectivity index (χ2v) is 5.43. The van der Waals surface area contributed by atoms with Crippen LogP contribution in [0, 0.1) is 0 Å². The maximum absolute atomic E-state index is 12.5. The summed E-state index contributed by atoms with van der Waals surface area (Å²) in [5.41, 5.74) is 1.82. The smallest absolute Gasteiger partial charge is 0.339 e. The van der Waals surface area contributed by atoms with Crippen molar-refractivity contribution in [3.63, 3.8) is 0 Å². The van der Waals surface area contributed by atoms with Gasteiger partial charge in [0.25, 0.3) is 0 Å². The average Bonchev–Trinajstić information content (AvgIpc) is 2.97. The maximum atomic E-state index is 12.5. The number of ether oxygens (including phenoxy) is 2. The first-order valence-electron chi connectivity index (χ1n) is 7.15. The summed E-state index contributed by atoms with van der Waals surface area (Å²) in [4.78, 5) is 29.8. The van der Waals surface area contributed by atoms with Gasteiger partial charge in [-0.2, -0.15) is 0 Å². The van der Waals surface area contributed by atoms with E-state index in [9.17, 15) is 9.59 Å². The Balaban J connectivity index is 1.89. The number of cyclic esters (lactones) is 1. The molecule has 0 radical (unpaired) electrons. The van der Waals surface area contributed by atoms with Crippen molar-refractivity contribution in [2.45, 2.75) is 0 Å². The van der Waals surface area contributed by atoms with E-state index in [-0.39, 0.29) is 13.2 Å². The molecule has 118 valence electrons. The summed E-state index contributed by atoms with van der Waals surface area (Å²) in [5.74, 6) is -0.179. The van der Waals surface area contributed by atoms with E-state index in [0.29, 0.717) is 17.0 Å². The first-order chi connectivity index (χ1) is 11.0. The van der Waals surface area contributed by atoms with Crippen molar-refractivity contribution in [1.82, 2.24) is 4.98 Å². The van der Waals surface area contributed by atoms with Crippen LogP contribution in [0.5, 0.6) is 0 Å². The number of carbonyl (C=O) groups is 2. The van der Waals surface area contributed by atoms with E-state index >= 15 is 0 Å². The van der Waals surface area contributed by atoms with Gasteiger partial charge in [-0.25, -0.2) is 14.6 Å². The number of pyridine rings is 1. The van der Waals surface area contributed by atoms with Gasteiger partial charge in [0.1, 0.15) is 19.0 Å². The van der Waals surface area contributed by atoms with Gasteiger partial charge in [0.05, 0.1) is 11.1 Å². The highest BCUT2D eigenvalue weighted by molar-refractivity contribution is 6.04. The molecular weight excluding hydrogens is 296 g/mol. The molecule has 3 rings (SSSR count). The summed E-state index contributed by atoms with van der Waals surface area (Å²) < 4.78 is 10.1. The summed E-state index contributed by atoms with van der Waals surface area (Å²) in [6.07, 6.45) is 1.35. The van der Waals surface area contributed by atoms with Gasteiger partial charge >= 0.3 is 11.9 Å². The van der Waals surface area contributed by atoms with Gasteiger partial charge in [0.15, 0.2) is 0 Å². The molecule has 0 bridgehead atoms. The Morgan fingerprint density at radius 1 is 1.35 bits per heavy atom. The SMILES string of the molecule is CN(C)c1cc(C(=O)OCC2=CC(=O)OC2)c2ccccc2n1. The molecular formula is C17H16N2O4. The number of benzene rings is 1. The number of anilines is 1. The van der Waals surface area contributed by atoms with Gasteiger partial charge in [-0.3, -0.25) is 0 Å². The molecule has 0 N–H and O–H groups in total. The maximum Gasteiger partial charge on any atom is 0.339 e. The van der Waals surface area contributed by atoms with E-state index in [0.717, 1.165) is 10.9 Å². The number of fused-ring (bicyclic) bond motifs is 1. The van der Waals surface area contributed by atoms with Crippen molar-refractivity contribution in [2.75, 3.05) is 32.2 Å². The molecule has 1 aliphatic heterocycles. The van der Waals surface area contributed by atoms with E-state index in [2.05, 4.69) is 4.98 Å². The van der Waals surface area contributed by atoms with Crippen LogP contribution in [0.3, 0.4) is 0 Å². The van der Waals surface area contributed by atoms with Gasteiger partial charge in [0, 0.05) is 31.1 Å². The van der Waals surface area contributed by atoms with Crippen LogP contribution in [0.1, 0.15) is 10.4 Å². The third kappa shape index (κ3) is 3.15. The normalized spacial score (nSPS) is 13.7. The molecule has 1 aliphatic rings. The van der Waals surface area contributed by atoms with E-state index in [1.165, 1.54) is 6.08 Å². The number of para-hydroxylation sites is 1. The van der Waals surface area contributed by atoms with E-state index in [4.69, 9.17) is 9.47 Å². The molecule has 0 saturated carbocycles. The monoisotopic (exact) mass is 312 g/mol. The Kier molecular flexibility index (Phi) is 3.97. The molecule has 0 atom stereocenters. The van der Waals surface area contributed by atoms with Gasteiger partial charge in [-0.05, 0) is 12.1 Å². The fourth-order valence-electron chi connectivity index (χ4n) is 2.29. The number of esters is 2. The Morgan fingerprint density at radius 3 is 2.83 bits per heavy atom. The highest BCUT2D eigenvalue weighted by Gasteiger charge is 2.18. The van der Waals surface area contributed by atoms with Crippen molar-refractivity contribution in [3.05, 3.63) is 47.5 Å². The highest BCUT2D eigenvalue weighted by Crippen LogP contribution is 2.23. The molecule has 0 unspecified atom stereocenters. The number of carbonyl (C=O) groups excluding carboxylic acids is 2. The van der Waals surface area contributed by atoms with Crippen molar-refractivity contribution in [2.24, 2.45) is 0 Å². The third-order valence-corrected chi connectivity index (χ3v) is 3.49. The number of hydrogen-bond donors (Lipinski definition) is 0.